The standard InChI is InChI=1S/C15H12F3N5O4/c16-15(17,18)27-5-4-26-14-21-9-12(23(24)25)13(22-14)20-8-11-3-1-2-10(6-11)7-19/h1-3,6,9H,4-5,8H2,(H,20,21,22). The Morgan fingerprint density at radius 2 is 2.11 bits per heavy atom. The van der Waals surface area contributed by atoms with Gasteiger partial charge in [-0.3, -0.25) is 14.9 Å². The number of anilines is 1. The number of rotatable bonds is 8. The molecule has 1 aromatic heterocycles. The van der Waals surface area contributed by atoms with Crippen LogP contribution < -0.4 is 10.1 Å². The molecule has 0 radical (unpaired) electrons. The summed E-state index contributed by atoms with van der Waals surface area (Å²) < 4.78 is 44.1. The monoisotopic (exact) mass is 383 g/mol. The van der Waals surface area contributed by atoms with E-state index in [4.69, 9.17) is 10.00 Å². The smallest absolute Gasteiger partial charge is 0.461 e. The van der Waals surface area contributed by atoms with Crippen molar-refractivity contribution in [2.45, 2.75) is 12.9 Å². The number of nitrogens with zero attached hydrogens (tertiary/aromatic N) is 4. The first kappa shape index (κ1) is 19.9. The van der Waals surface area contributed by atoms with Crippen LogP contribution in [0.25, 0.3) is 0 Å². The maximum absolute atomic E-state index is 11.9. The fourth-order valence-electron chi connectivity index (χ4n) is 1.92. The second-order valence-electron chi connectivity index (χ2n) is 4.95. The summed E-state index contributed by atoms with van der Waals surface area (Å²) in [6, 6.07) is 8.17. The van der Waals surface area contributed by atoms with Crippen molar-refractivity contribution in [1.82, 2.24) is 9.97 Å². The number of halogens is 3. The van der Waals surface area contributed by atoms with Gasteiger partial charge in [-0.1, -0.05) is 12.1 Å². The van der Waals surface area contributed by atoms with Crippen molar-refractivity contribution >= 4 is 11.5 Å². The molecule has 9 nitrogen and oxygen atoms in total. The summed E-state index contributed by atoms with van der Waals surface area (Å²) in [5.74, 6) is -0.177. The largest absolute Gasteiger partial charge is 0.522 e. The number of ether oxygens (including phenoxy) is 2. The molecule has 1 N–H and O–H groups in total. The van der Waals surface area contributed by atoms with Gasteiger partial charge in [0, 0.05) is 6.54 Å². The van der Waals surface area contributed by atoms with E-state index >= 15 is 0 Å². The van der Waals surface area contributed by atoms with Crippen LogP contribution in [0.15, 0.2) is 30.5 Å². The quantitative estimate of drug-likeness (QED) is 0.419. The number of hydrogen-bond donors (Lipinski definition) is 1. The third kappa shape index (κ3) is 6.40. The average Bonchev–Trinajstić information content (AvgIpc) is 2.63. The van der Waals surface area contributed by atoms with Crippen LogP contribution in [-0.2, 0) is 11.3 Å². The molecule has 27 heavy (non-hydrogen) atoms. The minimum atomic E-state index is -4.79. The molecule has 0 saturated heterocycles. The number of benzene rings is 1. The van der Waals surface area contributed by atoms with E-state index in [-0.39, 0.29) is 18.4 Å². The van der Waals surface area contributed by atoms with E-state index in [0.29, 0.717) is 11.1 Å². The lowest BCUT2D eigenvalue weighted by Crippen LogP contribution is -2.18. The summed E-state index contributed by atoms with van der Waals surface area (Å²) in [6.45, 7) is -1.17. The lowest BCUT2D eigenvalue weighted by atomic mass is 10.1. The minimum absolute atomic E-state index is 0.115. The molecule has 0 bridgehead atoms. The van der Waals surface area contributed by atoms with Gasteiger partial charge in [0.2, 0.25) is 5.82 Å². The molecule has 0 atom stereocenters. The lowest BCUT2D eigenvalue weighted by molar-refractivity contribution is -0.384. The summed E-state index contributed by atoms with van der Waals surface area (Å²) in [5.41, 5.74) is 0.647. The first-order chi connectivity index (χ1) is 12.8. The van der Waals surface area contributed by atoms with E-state index in [9.17, 15) is 23.3 Å². The van der Waals surface area contributed by atoms with Gasteiger partial charge in [-0.2, -0.15) is 15.2 Å². The normalized spacial score (nSPS) is 10.9. The highest BCUT2D eigenvalue weighted by Gasteiger charge is 2.28. The molecule has 1 heterocycles. The summed E-state index contributed by atoms with van der Waals surface area (Å²) in [7, 11) is 0. The van der Waals surface area contributed by atoms with Crippen LogP contribution in [0.1, 0.15) is 11.1 Å². The summed E-state index contributed by atoms with van der Waals surface area (Å²) in [5, 5.41) is 22.7. The Labute approximate surface area is 150 Å². The van der Waals surface area contributed by atoms with Gasteiger partial charge in [0.25, 0.3) is 0 Å². The van der Waals surface area contributed by atoms with Crippen LogP contribution in [0, 0.1) is 21.4 Å². The van der Waals surface area contributed by atoms with E-state index in [1.54, 1.807) is 24.3 Å². The third-order valence-corrected chi connectivity index (χ3v) is 3.04. The van der Waals surface area contributed by atoms with Crippen LogP contribution in [0.3, 0.4) is 0 Å². The highest BCUT2D eigenvalue weighted by atomic mass is 19.4. The van der Waals surface area contributed by atoms with Gasteiger partial charge in [0.05, 0.1) is 23.2 Å². The zero-order chi connectivity index (χ0) is 19.9. The fraction of sp³-hybridized carbons (Fsp3) is 0.267. The minimum Gasteiger partial charge on any atom is -0.461 e. The molecule has 1 aromatic carbocycles. The molecule has 0 unspecified atom stereocenters. The fourth-order valence-corrected chi connectivity index (χ4v) is 1.92. The van der Waals surface area contributed by atoms with Crippen LogP contribution in [-0.4, -0.2) is 34.5 Å². The Hall–Kier alpha value is -3.46. The summed E-state index contributed by atoms with van der Waals surface area (Å²) >= 11 is 0. The maximum Gasteiger partial charge on any atom is 0.522 e. The van der Waals surface area contributed by atoms with E-state index in [1.165, 1.54) is 0 Å². The molecule has 2 rings (SSSR count). The molecule has 142 valence electrons. The van der Waals surface area contributed by atoms with Crippen molar-refractivity contribution in [2.75, 3.05) is 18.5 Å². The molecule has 2 aromatic rings. The number of nitro groups is 1. The zero-order valence-electron chi connectivity index (χ0n) is 13.6. The van der Waals surface area contributed by atoms with Crippen molar-refractivity contribution in [3.8, 4) is 12.1 Å². The molecular weight excluding hydrogens is 371 g/mol. The molecule has 0 fully saturated rings. The molecule has 0 saturated carbocycles. The van der Waals surface area contributed by atoms with Gasteiger partial charge in [0.1, 0.15) is 12.8 Å². The molecule has 0 spiro atoms. The van der Waals surface area contributed by atoms with Crippen molar-refractivity contribution in [3.05, 3.63) is 51.7 Å². The molecule has 0 amide bonds. The molecule has 0 aliphatic carbocycles. The van der Waals surface area contributed by atoms with E-state index in [1.807, 2.05) is 6.07 Å². The predicted octanol–water partition coefficient (Wildman–Crippen LogP) is 2.78. The Morgan fingerprint density at radius 1 is 1.33 bits per heavy atom. The Bertz CT molecular complexity index is 854. The first-order valence-corrected chi connectivity index (χ1v) is 7.36. The highest BCUT2D eigenvalue weighted by Crippen LogP contribution is 2.23. The van der Waals surface area contributed by atoms with Crippen LogP contribution >= 0.6 is 0 Å². The second kappa shape index (κ2) is 8.77. The molecular formula is C15H12F3N5O4. The number of alkyl halides is 3. The van der Waals surface area contributed by atoms with E-state index in [2.05, 4.69) is 20.0 Å². The molecule has 0 aliphatic heterocycles. The van der Waals surface area contributed by atoms with Gasteiger partial charge < -0.3 is 10.1 Å². The number of hydrogen-bond acceptors (Lipinski definition) is 8. The van der Waals surface area contributed by atoms with Crippen molar-refractivity contribution < 1.29 is 27.6 Å². The Morgan fingerprint density at radius 3 is 2.78 bits per heavy atom. The van der Waals surface area contributed by atoms with Gasteiger partial charge in [-0.25, -0.2) is 0 Å². The third-order valence-electron chi connectivity index (χ3n) is 3.04. The van der Waals surface area contributed by atoms with E-state index in [0.717, 1.165) is 6.20 Å². The molecule has 0 aliphatic rings. The molecule has 12 heteroatoms. The van der Waals surface area contributed by atoms with Gasteiger partial charge >= 0.3 is 18.1 Å². The Balaban J connectivity index is 2.06. The lowest BCUT2D eigenvalue weighted by Gasteiger charge is -2.10. The van der Waals surface area contributed by atoms with Gasteiger partial charge in [0.15, 0.2) is 0 Å². The van der Waals surface area contributed by atoms with Crippen LogP contribution in [0.4, 0.5) is 24.7 Å². The van der Waals surface area contributed by atoms with Gasteiger partial charge in [-0.05, 0) is 17.7 Å². The average molecular weight is 383 g/mol. The first-order valence-electron chi connectivity index (χ1n) is 7.36. The number of nitrogens with one attached hydrogen (secondary N) is 1. The Kier molecular flexibility index (Phi) is 6.45. The zero-order valence-corrected chi connectivity index (χ0v) is 13.6. The summed E-state index contributed by atoms with van der Waals surface area (Å²) in [4.78, 5) is 17.7. The summed E-state index contributed by atoms with van der Waals surface area (Å²) in [6.07, 6.45) is -3.91. The highest BCUT2D eigenvalue weighted by molar-refractivity contribution is 5.55. The topological polar surface area (TPSA) is 123 Å². The maximum atomic E-state index is 11.9. The van der Waals surface area contributed by atoms with Crippen molar-refractivity contribution in [2.24, 2.45) is 0 Å². The number of nitriles is 1. The van der Waals surface area contributed by atoms with Crippen LogP contribution in [0.5, 0.6) is 6.01 Å². The van der Waals surface area contributed by atoms with Crippen molar-refractivity contribution in [3.63, 3.8) is 0 Å². The second-order valence-corrected chi connectivity index (χ2v) is 4.95. The van der Waals surface area contributed by atoms with E-state index < -0.39 is 30.2 Å². The SMILES string of the molecule is N#Cc1cccc(CNc2nc(OCCOC(F)(F)F)ncc2[N+](=O)[O-])c1. The predicted molar refractivity (Wildman–Crippen MR) is 84.7 cm³/mol. The van der Waals surface area contributed by atoms with Gasteiger partial charge in [-0.15, -0.1) is 13.2 Å². The number of aromatic nitrogens is 2. The van der Waals surface area contributed by atoms with Crippen LogP contribution in [0.2, 0.25) is 0 Å². The van der Waals surface area contributed by atoms with Crippen molar-refractivity contribution in [1.29, 1.82) is 5.26 Å².